The molecule has 1 saturated heterocycles. The Labute approximate surface area is 125 Å². The highest BCUT2D eigenvalue weighted by Crippen LogP contribution is 2.20. The van der Waals surface area contributed by atoms with Crippen LogP contribution in [0.5, 0.6) is 5.88 Å². The number of piperidine rings is 1. The second-order valence-electron chi connectivity index (χ2n) is 5.47. The molecule has 1 aromatic heterocycles. The summed E-state index contributed by atoms with van der Waals surface area (Å²) in [6, 6.07) is 12.1. The molecule has 4 nitrogen and oxygen atoms in total. The molecule has 1 aliphatic rings. The molecule has 0 spiro atoms. The SMILES string of the molecule is Cc1cc(OCc2ccccc2)nc(N2CCCCC2)n1. The Morgan fingerprint density at radius 1 is 1.05 bits per heavy atom. The molecule has 0 atom stereocenters. The lowest BCUT2D eigenvalue weighted by atomic mass is 10.1. The minimum absolute atomic E-state index is 0.538. The second kappa shape index (κ2) is 6.57. The van der Waals surface area contributed by atoms with Gasteiger partial charge in [-0.15, -0.1) is 0 Å². The summed E-state index contributed by atoms with van der Waals surface area (Å²) >= 11 is 0. The van der Waals surface area contributed by atoms with E-state index < -0.39 is 0 Å². The van der Waals surface area contributed by atoms with E-state index in [1.165, 1.54) is 19.3 Å². The number of anilines is 1. The summed E-state index contributed by atoms with van der Waals surface area (Å²) in [4.78, 5) is 11.4. The zero-order valence-electron chi connectivity index (χ0n) is 12.5. The maximum atomic E-state index is 5.83. The summed E-state index contributed by atoms with van der Waals surface area (Å²) in [5.41, 5.74) is 2.10. The molecule has 0 amide bonds. The van der Waals surface area contributed by atoms with Gasteiger partial charge in [0, 0.05) is 24.8 Å². The van der Waals surface area contributed by atoms with Gasteiger partial charge in [0.05, 0.1) is 0 Å². The molecule has 3 rings (SSSR count). The van der Waals surface area contributed by atoms with Crippen LogP contribution in [0.4, 0.5) is 5.95 Å². The number of hydrogen-bond acceptors (Lipinski definition) is 4. The first-order chi connectivity index (χ1) is 10.3. The Bertz CT molecular complexity index is 580. The quantitative estimate of drug-likeness (QED) is 0.862. The Morgan fingerprint density at radius 2 is 1.81 bits per heavy atom. The highest BCUT2D eigenvalue weighted by Gasteiger charge is 2.15. The fraction of sp³-hybridized carbons (Fsp3) is 0.412. The normalized spacial score (nSPS) is 15.0. The van der Waals surface area contributed by atoms with Gasteiger partial charge < -0.3 is 9.64 Å². The van der Waals surface area contributed by atoms with Crippen LogP contribution in [-0.2, 0) is 6.61 Å². The molecular weight excluding hydrogens is 262 g/mol. The number of aromatic nitrogens is 2. The molecule has 4 heteroatoms. The Hall–Kier alpha value is -2.10. The first-order valence-electron chi connectivity index (χ1n) is 7.58. The molecular formula is C17H21N3O. The number of aryl methyl sites for hydroxylation is 1. The van der Waals surface area contributed by atoms with Crippen molar-refractivity contribution in [2.24, 2.45) is 0 Å². The Balaban J connectivity index is 1.71. The van der Waals surface area contributed by atoms with Crippen molar-refractivity contribution in [1.29, 1.82) is 0 Å². The van der Waals surface area contributed by atoms with Gasteiger partial charge in [-0.25, -0.2) is 4.98 Å². The maximum Gasteiger partial charge on any atom is 0.228 e. The van der Waals surface area contributed by atoms with Crippen molar-refractivity contribution in [2.45, 2.75) is 32.8 Å². The number of benzene rings is 1. The molecule has 110 valence electrons. The lowest BCUT2D eigenvalue weighted by Crippen LogP contribution is -2.31. The van der Waals surface area contributed by atoms with Crippen molar-refractivity contribution >= 4 is 5.95 Å². The molecule has 0 unspecified atom stereocenters. The molecule has 2 heterocycles. The number of hydrogen-bond donors (Lipinski definition) is 0. The van der Waals surface area contributed by atoms with Crippen molar-refractivity contribution in [3.8, 4) is 5.88 Å². The van der Waals surface area contributed by atoms with Gasteiger partial charge in [-0.2, -0.15) is 4.98 Å². The summed E-state index contributed by atoms with van der Waals surface area (Å²) in [6.45, 7) is 4.62. The number of rotatable bonds is 4. The molecule has 1 aliphatic heterocycles. The van der Waals surface area contributed by atoms with Crippen LogP contribution in [0.2, 0.25) is 0 Å². The Kier molecular flexibility index (Phi) is 4.34. The van der Waals surface area contributed by atoms with E-state index in [2.05, 4.69) is 27.0 Å². The van der Waals surface area contributed by atoms with Crippen LogP contribution in [0.1, 0.15) is 30.5 Å². The van der Waals surface area contributed by atoms with Gasteiger partial charge in [0.1, 0.15) is 6.61 Å². The third-order valence-corrected chi connectivity index (χ3v) is 3.69. The molecule has 0 radical (unpaired) electrons. The lowest BCUT2D eigenvalue weighted by molar-refractivity contribution is 0.293. The van der Waals surface area contributed by atoms with Crippen molar-refractivity contribution in [3.63, 3.8) is 0 Å². The van der Waals surface area contributed by atoms with E-state index in [1.54, 1.807) is 0 Å². The summed E-state index contributed by atoms with van der Waals surface area (Å²) < 4.78 is 5.83. The van der Waals surface area contributed by atoms with Crippen molar-refractivity contribution < 1.29 is 4.74 Å². The standard InChI is InChI=1S/C17H21N3O/c1-14-12-16(21-13-15-8-4-2-5-9-15)19-17(18-14)20-10-6-3-7-11-20/h2,4-5,8-9,12H,3,6-7,10-11,13H2,1H3. The van der Waals surface area contributed by atoms with Crippen LogP contribution in [-0.4, -0.2) is 23.1 Å². The van der Waals surface area contributed by atoms with Gasteiger partial charge in [-0.3, -0.25) is 0 Å². The van der Waals surface area contributed by atoms with Crippen molar-refractivity contribution in [2.75, 3.05) is 18.0 Å². The summed E-state index contributed by atoms with van der Waals surface area (Å²) in [5, 5.41) is 0. The summed E-state index contributed by atoms with van der Waals surface area (Å²) in [6.07, 6.45) is 3.74. The van der Waals surface area contributed by atoms with E-state index in [1.807, 2.05) is 31.2 Å². The predicted molar refractivity (Wildman–Crippen MR) is 83.6 cm³/mol. The van der Waals surface area contributed by atoms with Crippen LogP contribution in [0, 0.1) is 6.92 Å². The average Bonchev–Trinajstić information content (AvgIpc) is 2.54. The molecule has 0 N–H and O–H groups in total. The molecule has 1 fully saturated rings. The molecule has 1 aromatic carbocycles. The third-order valence-electron chi connectivity index (χ3n) is 3.69. The fourth-order valence-electron chi connectivity index (χ4n) is 2.57. The van der Waals surface area contributed by atoms with E-state index in [0.717, 1.165) is 30.3 Å². The van der Waals surface area contributed by atoms with E-state index in [4.69, 9.17) is 4.74 Å². The maximum absolute atomic E-state index is 5.83. The highest BCUT2D eigenvalue weighted by atomic mass is 16.5. The van der Waals surface area contributed by atoms with Crippen LogP contribution < -0.4 is 9.64 Å². The fourth-order valence-corrected chi connectivity index (χ4v) is 2.57. The molecule has 2 aromatic rings. The first kappa shape index (κ1) is 13.9. The van der Waals surface area contributed by atoms with Gasteiger partial charge in [0.25, 0.3) is 0 Å². The number of ether oxygens (including phenoxy) is 1. The van der Waals surface area contributed by atoms with Gasteiger partial charge >= 0.3 is 0 Å². The van der Waals surface area contributed by atoms with Crippen LogP contribution in [0.15, 0.2) is 36.4 Å². The second-order valence-corrected chi connectivity index (χ2v) is 5.47. The third kappa shape index (κ3) is 3.72. The minimum atomic E-state index is 0.538. The first-order valence-corrected chi connectivity index (χ1v) is 7.58. The average molecular weight is 283 g/mol. The number of nitrogens with zero attached hydrogens (tertiary/aromatic N) is 3. The van der Waals surface area contributed by atoms with E-state index in [-0.39, 0.29) is 0 Å². The van der Waals surface area contributed by atoms with Crippen LogP contribution >= 0.6 is 0 Å². The zero-order chi connectivity index (χ0) is 14.5. The van der Waals surface area contributed by atoms with Crippen LogP contribution in [0.25, 0.3) is 0 Å². The monoisotopic (exact) mass is 283 g/mol. The summed E-state index contributed by atoms with van der Waals surface area (Å²) in [5.74, 6) is 1.46. The van der Waals surface area contributed by atoms with E-state index in [9.17, 15) is 0 Å². The zero-order valence-corrected chi connectivity index (χ0v) is 12.5. The topological polar surface area (TPSA) is 38.2 Å². The largest absolute Gasteiger partial charge is 0.473 e. The minimum Gasteiger partial charge on any atom is -0.473 e. The summed E-state index contributed by atoms with van der Waals surface area (Å²) in [7, 11) is 0. The van der Waals surface area contributed by atoms with Crippen LogP contribution in [0.3, 0.4) is 0 Å². The lowest BCUT2D eigenvalue weighted by Gasteiger charge is -2.27. The van der Waals surface area contributed by atoms with Crippen molar-refractivity contribution in [3.05, 3.63) is 47.7 Å². The van der Waals surface area contributed by atoms with Gasteiger partial charge in [-0.05, 0) is 31.7 Å². The smallest absolute Gasteiger partial charge is 0.228 e. The molecule has 0 bridgehead atoms. The molecule has 21 heavy (non-hydrogen) atoms. The Morgan fingerprint density at radius 3 is 2.57 bits per heavy atom. The van der Waals surface area contributed by atoms with Gasteiger partial charge in [0.15, 0.2) is 0 Å². The molecule has 0 aliphatic carbocycles. The van der Waals surface area contributed by atoms with E-state index >= 15 is 0 Å². The van der Waals surface area contributed by atoms with Gasteiger partial charge in [-0.1, -0.05) is 30.3 Å². The molecule has 0 saturated carbocycles. The van der Waals surface area contributed by atoms with Crippen molar-refractivity contribution in [1.82, 2.24) is 9.97 Å². The van der Waals surface area contributed by atoms with Gasteiger partial charge in [0.2, 0.25) is 11.8 Å². The highest BCUT2D eigenvalue weighted by molar-refractivity contribution is 5.34. The predicted octanol–water partition coefficient (Wildman–Crippen LogP) is 3.35. The van der Waals surface area contributed by atoms with E-state index in [0.29, 0.717) is 12.5 Å².